The molecule has 0 radical (unpaired) electrons. The van der Waals surface area contributed by atoms with E-state index in [0.717, 1.165) is 12.8 Å². The number of rotatable bonds is 6. The summed E-state index contributed by atoms with van der Waals surface area (Å²) in [6.07, 6.45) is 4.99. The van der Waals surface area contributed by atoms with Gasteiger partial charge in [0.2, 0.25) is 0 Å². The van der Waals surface area contributed by atoms with E-state index < -0.39 is 22.4 Å². The minimum absolute atomic E-state index is 0.184. The molecule has 1 saturated carbocycles. The summed E-state index contributed by atoms with van der Waals surface area (Å²) < 4.78 is 38.5. The minimum Gasteiger partial charge on any atom is -0.490 e. The molecule has 0 atom stereocenters. The molecule has 4 aromatic rings. The van der Waals surface area contributed by atoms with E-state index in [1.165, 1.54) is 17.0 Å². The molecular formula is C27H23B2F2N5O2. The van der Waals surface area contributed by atoms with Gasteiger partial charge in [-0.1, -0.05) is 0 Å². The number of nitrogens with zero attached hydrogens (tertiary/aromatic N) is 5. The number of ether oxygens (including phenoxy) is 1. The van der Waals surface area contributed by atoms with Crippen molar-refractivity contribution in [2.24, 2.45) is 12.5 Å². The van der Waals surface area contributed by atoms with Crippen LogP contribution < -0.4 is 4.74 Å². The quantitative estimate of drug-likeness (QED) is 0.374. The van der Waals surface area contributed by atoms with Gasteiger partial charge in [-0.25, -0.2) is 8.78 Å². The summed E-state index contributed by atoms with van der Waals surface area (Å²) in [7, 11) is 5.40. The summed E-state index contributed by atoms with van der Waals surface area (Å²) in [5.74, 6) is -1.27. The highest BCUT2D eigenvalue weighted by Gasteiger charge is 2.45. The lowest BCUT2D eigenvalue weighted by Crippen LogP contribution is -2.45. The summed E-state index contributed by atoms with van der Waals surface area (Å²) >= 11 is 0. The Labute approximate surface area is 219 Å². The molecule has 7 nitrogen and oxygen atoms in total. The predicted octanol–water partition coefficient (Wildman–Crippen LogP) is 2.63. The lowest BCUT2D eigenvalue weighted by molar-refractivity contribution is 0.0727. The van der Waals surface area contributed by atoms with Crippen LogP contribution in [0.4, 0.5) is 8.78 Å². The van der Waals surface area contributed by atoms with Gasteiger partial charge in [-0.3, -0.25) is 14.5 Å². The molecule has 2 aromatic carbocycles. The van der Waals surface area contributed by atoms with E-state index in [2.05, 4.69) is 16.2 Å². The Kier molecular flexibility index (Phi) is 5.35. The number of aryl methyl sites for hydroxylation is 1. The van der Waals surface area contributed by atoms with Crippen LogP contribution in [0.5, 0.6) is 5.75 Å². The van der Waals surface area contributed by atoms with E-state index in [-0.39, 0.29) is 24.6 Å². The van der Waals surface area contributed by atoms with Gasteiger partial charge < -0.3 is 9.64 Å². The number of amides is 1. The van der Waals surface area contributed by atoms with Gasteiger partial charge in [0.25, 0.3) is 5.91 Å². The minimum atomic E-state index is -0.812. The summed E-state index contributed by atoms with van der Waals surface area (Å²) in [5, 5.41) is 13.7. The number of hydrogen-bond acceptors (Lipinski definition) is 5. The Morgan fingerprint density at radius 3 is 2.55 bits per heavy atom. The van der Waals surface area contributed by atoms with Gasteiger partial charge in [0.15, 0.2) is 0 Å². The number of fused-ring (bicyclic) bond motifs is 2. The Morgan fingerprint density at radius 1 is 1.16 bits per heavy atom. The summed E-state index contributed by atoms with van der Waals surface area (Å²) in [4.78, 5) is 18.8. The molecule has 1 aliphatic carbocycles. The molecule has 38 heavy (non-hydrogen) atoms. The van der Waals surface area contributed by atoms with Crippen molar-refractivity contribution in [1.82, 2.24) is 19.7 Å². The third kappa shape index (κ3) is 3.74. The van der Waals surface area contributed by atoms with E-state index in [0.29, 0.717) is 39.0 Å². The first-order valence-corrected chi connectivity index (χ1v) is 12.4. The average Bonchev–Trinajstić information content (AvgIpc) is 3.52. The van der Waals surface area contributed by atoms with Gasteiger partial charge >= 0.3 is 0 Å². The maximum absolute atomic E-state index is 15.5. The van der Waals surface area contributed by atoms with Crippen LogP contribution in [0.2, 0.25) is 0 Å². The zero-order chi connectivity index (χ0) is 26.8. The average molecular weight is 509 g/mol. The standard InChI is InChI=1S/C27H23B2F2N5O2/c1-35-11-18-16(4-5-22(23(18)34-35)38-14-26(13-32)6-7-26)15-9-20(30)19(21(31)10-15)12-36-25(37)17-3-2-8-33-24(17)27(36,28)29/h2-5,8-11H,6-7,12,14,28-29H2,1H3. The summed E-state index contributed by atoms with van der Waals surface area (Å²) in [6, 6.07) is 11.7. The van der Waals surface area contributed by atoms with E-state index in [1.807, 2.05) is 15.7 Å². The van der Waals surface area contributed by atoms with Crippen LogP contribution in [0.15, 0.2) is 48.8 Å². The SMILES string of the molecule is BC1(B)c2ncccc2C(=O)N1Cc1c(F)cc(-c2ccc(OCC3(C#N)CC3)c3nn(C)cc23)cc1F. The van der Waals surface area contributed by atoms with Gasteiger partial charge in [0.05, 0.1) is 29.3 Å². The smallest absolute Gasteiger partial charge is 0.255 e. The van der Waals surface area contributed by atoms with Crippen LogP contribution in [-0.2, 0) is 18.9 Å². The molecule has 0 spiro atoms. The van der Waals surface area contributed by atoms with Crippen molar-refractivity contribution in [3.63, 3.8) is 0 Å². The number of nitriles is 1. The first-order chi connectivity index (χ1) is 18.1. The van der Waals surface area contributed by atoms with Crippen LogP contribution >= 0.6 is 0 Å². The van der Waals surface area contributed by atoms with Gasteiger partial charge in [-0.05, 0) is 60.4 Å². The third-order valence-corrected chi connectivity index (χ3v) is 7.65. The largest absolute Gasteiger partial charge is 0.490 e. The molecule has 0 saturated heterocycles. The van der Waals surface area contributed by atoms with Crippen molar-refractivity contribution in [1.29, 1.82) is 5.26 Å². The van der Waals surface area contributed by atoms with Crippen LogP contribution in [0.1, 0.15) is 34.5 Å². The molecule has 0 bridgehead atoms. The molecule has 188 valence electrons. The lowest BCUT2D eigenvalue weighted by atomic mass is 9.59. The molecule has 0 unspecified atom stereocenters. The van der Waals surface area contributed by atoms with Crippen LogP contribution in [0, 0.1) is 28.4 Å². The zero-order valence-electron chi connectivity index (χ0n) is 21.3. The molecule has 0 N–H and O–H groups in total. The van der Waals surface area contributed by atoms with Crippen LogP contribution in [0.3, 0.4) is 0 Å². The second-order valence-corrected chi connectivity index (χ2v) is 10.6. The molecule has 6 rings (SSSR count). The molecule has 1 fully saturated rings. The maximum atomic E-state index is 15.5. The highest BCUT2D eigenvalue weighted by Crippen LogP contribution is 2.46. The fourth-order valence-corrected chi connectivity index (χ4v) is 5.15. The van der Waals surface area contributed by atoms with Crippen molar-refractivity contribution in [2.75, 3.05) is 6.61 Å². The number of carbonyl (C=O) groups excluding carboxylic acids is 1. The number of hydrogen-bond donors (Lipinski definition) is 0. The highest BCUT2D eigenvalue weighted by atomic mass is 19.1. The molecule has 3 heterocycles. The van der Waals surface area contributed by atoms with Crippen molar-refractivity contribution in [3.8, 4) is 22.9 Å². The Hall–Kier alpha value is -4.19. The van der Waals surface area contributed by atoms with Gasteiger partial charge in [-0.2, -0.15) is 10.4 Å². The fourth-order valence-electron chi connectivity index (χ4n) is 5.15. The summed E-state index contributed by atoms with van der Waals surface area (Å²) in [5.41, 5.74) is 1.91. The van der Waals surface area contributed by atoms with Crippen molar-refractivity contribution >= 4 is 32.5 Å². The molecule has 1 amide bonds. The second-order valence-electron chi connectivity index (χ2n) is 10.6. The first kappa shape index (κ1) is 24.2. The fraction of sp³-hybridized carbons (Fsp3) is 0.259. The van der Waals surface area contributed by atoms with E-state index in [9.17, 15) is 10.1 Å². The number of benzene rings is 2. The van der Waals surface area contributed by atoms with Crippen molar-refractivity contribution < 1.29 is 18.3 Å². The number of aromatic nitrogens is 3. The highest BCUT2D eigenvalue weighted by molar-refractivity contribution is 6.42. The molecule has 2 aliphatic rings. The predicted molar refractivity (Wildman–Crippen MR) is 142 cm³/mol. The van der Waals surface area contributed by atoms with Crippen LogP contribution in [0.25, 0.3) is 22.0 Å². The lowest BCUT2D eigenvalue weighted by Gasteiger charge is -2.32. The Balaban J connectivity index is 1.33. The van der Waals surface area contributed by atoms with Gasteiger partial charge in [0.1, 0.15) is 45.2 Å². The topological polar surface area (TPSA) is 84.0 Å². The maximum Gasteiger partial charge on any atom is 0.255 e. The number of carbonyl (C=O) groups is 1. The Morgan fingerprint density at radius 2 is 1.89 bits per heavy atom. The van der Waals surface area contributed by atoms with Crippen molar-refractivity contribution in [3.05, 3.63) is 77.2 Å². The van der Waals surface area contributed by atoms with Gasteiger partial charge in [-0.15, -0.1) is 0 Å². The van der Waals surface area contributed by atoms with E-state index >= 15 is 8.78 Å². The third-order valence-electron chi connectivity index (χ3n) is 7.65. The Bertz CT molecular complexity index is 1650. The first-order valence-electron chi connectivity index (χ1n) is 12.4. The second kappa shape index (κ2) is 8.42. The molecule has 2 aromatic heterocycles. The monoisotopic (exact) mass is 509 g/mol. The van der Waals surface area contributed by atoms with Crippen LogP contribution in [-0.4, -0.2) is 47.9 Å². The van der Waals surface area contributed by atoms with E-state index in [1.54, 1.807) is 48.4 Å². The van der Waals surface area contributed by atoms with Gasteiger partial charge in [0, 0.05) is 35.7 Å². The molecule has 11 heteroatoms. The molecule has 1 aliphatic heterocycles. The normalized spacial score (nSPS) is 16.9. The summed E-state index contributed by atoms with van der Waals surface area (Å²) in [6.45, 7) is 0.0489. The van der Waals surface area contributed by atoms with E-state index in [4.69, 9.17) is 4.74 Å². The van der Waals surface area contributed by atoms with Crippen molar-refractivity contribution in [2.45, 2.75) is 24.7 Å². The zero-order valence-corrected chi connectivity index (χ0v) is 21.3. The number of pyridine rings is 1. The molecular weight excluding hydrogens is 486 g/mol. The number of halogens is 2.